The molecule has 9 rings (SSSR count). The van der Waals surface area contributed by atoms with Crippen LogP contribution < -0.4 is 26.4 Å². The fourth-order valence-corrected chi connectivity index (χ4v) is 7.65. The molecule has 0 amide bonds. The maximum Gasteiger partial charge on any atom is 0.131 e. The fourth-order valence-electron chi connectivity index (χ4n) is 7.65. The minimum absolute atomic E-state index is 0.268. The average molecular weight is 719 g/mol. The first kappa shape index (κ1) is 34.2. The summed E-state index contributed by atoms with van der Waals surface area (Å²) in [5.74, 6) is 3.72. The molecule has 2 heterocycles. The second-order valence-corrected chi connectivity index (χ2v) is 14.0. The van der Waals surface area contributed by atoms with Gasteiger partial charge in [-0.1, -0.05) is 164 Å². The predicted molar refractivity (Wildman–Crippen MR) is 221 cm³/mol. The van der Waals surface area contributed by atoms with Crippen molar-refractivity contribution in [1.29, 1.82) is 0 Å². The molecule has 0 bridgehead atoms. The van der Waals surface area contributed by atoms with Gasteiger partial charge < -0.3 is 21.1 Å². The van der Waals surface area contributed by atoms with Crippen LogP contribution in [0.2, 0.25) is 0 Å². The highest BCUT2D eigenvalue weighted by atomic mass is 16.5. The third kappa shape index (κ3) is 7.23. The Labute approximate surface area is 322 Å². The van der Waals surface area contributed by atoms with E-state index in [9.17, 15) is 0 Å². The van der Waals surface area contributed by atoms with Gasteiger partial charge in [0, 0.05) is 22.6 Å². The topological polar surface area (TPSA) is 96.1 Å². The van der Waals surface area contributed by atoms with Crippen LogP contribution in [-0.2, 0) is 6.54 Å². The summed E-state index contributed by atoms with van der Waals surface area (Å²) < 4.78 is 6.34. The summed E-state index contributed by atoms with van der Waals surface area (Å²) in [6.07, 6.45) is 6.17. The Kier molecular flexibility index (Phi) is 9.61. The van der Waals surface area contributed by atoms with Crippen LogP contribution in [0.15, 0.2) is 192 Å². The van der Waals surface area contributed by atoms with Crippen molar-refractivity contribution in [3.63, 3.8) is 0 Å². The predicted octanol–water partition coefficient (Wildman–Crippen LogP) is 9.20. The SMILES string of the molecule is NC(NC(=NCc1ccccc1)c1ccccc1C1NC(c2ccccc2)=NC(c2ccccc2)N1)c1ccccc1-c1ccc2c(c1)OC1=CC=CCC12. The smallest absolute Gasteiger partial charge is 0.131 e. The van der Waals surface area contributed by atoms with Crippen molar-refractivity contribution < 1.29 is 4.74 Å². The lowest BCUT2D eigenvalue weighted by Crippen LogP contribution is -2.46. The van der Waals surface area contributed by atoms with E-state index in [0.29, 0.717) is 12.4 Å². The number of hydrogen-bond acceptors (Lipinski definition) is 6. The molecule has 3 aliphatic rings. The molecule has 7 nitrogen and oxygen atoms in total. The van der Waals surface area contributed by atoms with E-state index < -0.39 is 6.17 Å². The van der Waals surface area contributed by atoms with Gasteiger partial charge in [-0.25, -0.2) is 4.99 Å². The lowest BCUT2D eigenvalue weighted by atomic mass is 9.90. The van der Waals surface area contributed by atoms with Crippen molar-refractivity contribution in [3.05, 3.63) is 221 Å². The van der Waals surface area contributed by atoms with E-state index >= 15 is 0 Å². The summed E-state index contributed by atoms with van der Waals surface area (Å²) in [6, 6.07) is 54.1. The zero-order chi connectivity index (χ0) is 37.0. The van der Waals surface area contributed by atoms with E-state index in [1.165, 1.54) is 5.56 Å². The molecule has 0 radical (unpaired) electrons. The molecule has 0 fully saturated rings. The van der Waals surface area contributed by atoms with Gasteiger partial charge in [0.15, 0.2) is 0 Å². The Morgan fingerprint density at radius 1 is 0.782 bits per heavy atom. The molecular formula is C48H42N6O. The second kappa shape index (κ2) is 15.4. The first-order chi connectivity index (χ1) is 27.2. The minimum atomic E-state index is -0.576. The quantitative estimate of drug-likeness (QED) is 0.0680. The van der Waals surface area contributed by atoms with Crippen molar-refractivity contribution >= 4 is 11.7 Å². The van der Waals surface area contributed by atoms with Crippen LogP contribution >= 0.6 is 0 Å². The lowest BCUT2D eigenvalue weighted by Gasteiger charge is -2.33. The van der Waals surface area contributed by atoms with E-state index in [-0.39, 0.29) is 18.2 Å². The molecule has 4 unspecified atom stereocenters. The van der Waals surface area contributed by atoms with Crippen LogP contribution in [0, 0.1) is 0 Å². The zero-order valence-corrected chi connectivity index (χ0v) is 30.3. The van der Waals surface area contributed by atoms with Crippen LogP contribution in [0.25, 0.3) is 11.1 Å². The second-order valence-electron chi connectivity index (χ2n) is 14.0. The molecule has 5 N–H and O–H groups in total. The minimum Gasteiger partial charge on any atom is -0.461 e. The van der Waals surface area contributed by atoms with Gasteiger partial charge in [-0.15, -0.1) is 0 Å². The molecular weight excluding hydrogens is 677 g/mol. The molecule has 55 heavy (non-hydrogen) atoms. The van der Waals surface area contributed by atoms with Crippen LogP contribution in [0.3, 0.4) is 0 Å². The van der Waals surface area contributed by atoms with Gasteiger partial charge in [0.05, 0.1) is 6.54 Å². The first-order valence-electron chi connectivity index (χ1n) is 18.9. The zero-order valence-electron chi connectivity index (χ0n) is 30.3. The van der Waals surface area contributed by atoms with Crippen LogP contribution in [0.4, 0.5) is 0 Å². The highest BCUT2D eigenvalue weighted by Gasteiger charge is 2.31. The van der Waals surface area contributed by atoms with E-state index in [0.717, 1.165) is 68.3 Å². The lowest BCUT2D eigenvalue weighted by molar-refractivity contribution is 0.408. The first-order valence-corrected chi connectivity index (χ1v) is 18.9. The van der Waals surface area contributed by atoms with E-state index in [1.807, 2.05) is 60.7 Å². The van der Waals surface area contributed by atoms with Crippen molar-refractivity contribution in [1.82, 2.24) is 16.0 Å². The molecule has 6 aromatic rings. The van der Waals surface area contributed by atoms with Crippen molar-refractivity contribution in [3.8, 4) is 16.9 Å². The summed E-state index contributed by atoms with van der Waals surface area (Å²) in [6.45, 7) is 0.481. The molecule has 6 aromatic carbocycles. The number of allylic oxidation sites excluding steroid dienone is 4. The van der Waals surface area contributed by atoms with Gasteiger partial charge in [0.1, 0.15) is 41.7 Å². The van der Waals surface area contributed by atoms with Gasteiger partial charge in [-0.2, -0.15) is 0 Å². The molecule has 2 aliphatic heterocycles. The molecule has 7 heteroatoms. The Morgan fingerprint density at radius 3 is 2.35 bits per heavy atom. The Bertz CT molecular complexity index is 2420. The number of nitrogens with one attached hydrogen (secondary N) is 3. The number of nitrogens with zero attached hydrogens (tertiary/aromatic N) is 2. The van der Waals surface area contributed by atoms with Crippen LogP contribution in [0.5, 0.6) is 5.75 Å². The molecule has 1 aliphatic carbocycles. The van der Waals surface area contributed by atoms with Crippen molar-refractivity contribution in [2.75, 3.05) is 0 Å². The summed E-state index contributed by atoms with van der Waals surface area (Å²) in [5, 5.41) is 11.2. The van der Waals surface area contributed by atoms with Gasteiger partial charge in [-0.05, 0) is 51.9 Å². The molecule has 0 saturated carbocycles. The largest absolute Gasteiger partial charge is 0.461 e. The third-order valence-electron chi connectivity index (χ3n) is 10.4. The van der Waals surface area contributed by atoms with Gasteiger partial charge >= 0.3 is 0 Å². The normalized spacial score (nSPS) is 19.2. The van der Waals surface area contributed by atoms with E-state index in [1.54, 1.807) is 0 Å². The monoisotopic (exact) mass is 718 g/mol. The number of rotatable bonds is 9. The number of ether oxygens (including phenoxy) is 1. The molecule has 270 valence electrons. The summed E-state index contributed by atoms with van der Waals surface area (Å²) in [7, 11) is 0. The molecule has 4 atom stereocenters. The molecule has 0 aromatic heterocycles. The number of hydrogen-bond donors (Lipinski definition) is 4. The van der Waals surface area contributed by atoms with Gasteiger partial charge in [-0.3, -0.25) is 10.3 Å². The number of benzene rings is 6. The summed E-state index contributed by atoms with van der Waals surface area (Å²) in [5.41, 5.74) is 16.6. The Balaban J connectivity index is 1.07. The van der Waals surface area contributed by atoms with Crippen LogP contribution in [0.1, 0.15) is 69.8 Å². The maximum atomic E-state index is 7.18. The third-order valence-corrected chi connectivity index (χ3v) is 10.4. The summed E-state index contributed by atoms with van der Waals surface area (Å²) in [4.78, 5) is 10.4. The molecule has 0 spiro atoms. The van der Waals surface area contributed by atoms with E-state index in [2.05, 4.69) is 131 Å². The number of nitrogens with two attached hydrogens (primary N) is 1. The summed E-state index contributed by atoms with van der Waals surface area (Å²) >= 11 is 0. The standard InChI is InChI=1S/C48H42N6O/c49-44(39-24-11-10-22-36(39)35-28-29-38-37-23-14-15-27-42(37)55-43(38)30-35)51-47(50-31-32-16-4-1-5-17-32)40-25-12-13-26-41(40)48-53-45(33-18-6-2-7-19-33)52-46(54-48)34-20-8-3-9-21-34/h1-22,24-30,37,44-45,48,53H,23,31,49H2,(H,50,51)(H,52,54). The molecule has 0 saturated heterocycles. The Hall–Kier alpha value is -6.54. The number of fused-ring (bicyclic) bond motifs is 3. The maximum absolute atomic E-state index is 7.18. The van der Waals surface area contributed by atoms with Crippen molar-refractivity contribution in [2.24, 2.45) is 15.7 Å². The average Bonchev–Trinajstić information content (AvgIpc) is 3.64. The highest BCUT2D eigenvalue weighted by Crippen LogP contribution is 2.46. The van der Waals surface area contributed by atoms with Gasteiger partial charge in [0.25, 0.3) is 0 Å². The van der Waals surface area contributed by atoms with E-state index in [4.69, 9.17) is 20.5 Å². The van der Waals surface area contributed by atoms with Crippen LogP contribution in [-0.4, -0.2) is 11.7 Å². The highest BCUT2D eigenvalue weighted by molar-refractivity contribution is 6.02. The number of aliphatic imine (C=N–C) groups is 2. The van der Waals surface area contributed by atoms with Crippen molar-refractivity contribution in [2.45, 2.75) is 37.4 Å². The number of amidine groups is 2. The fraction of sp³-hybridized carbons (Fsp3) is 0.125. The van der Waals surface area contributed by atoms with Gasteiger partial charge in [0.2, 0.25) is 0 Å². The Morgan fingerprint density at radius 2 is 1.51 bits per heavy atom.